The van der Waals surface area contributed by atoms with Crippen LogP contribution < -0.4 is 5.32 Å². The number of benzene rings is 1. The summed E-state index contributed by atoms with van der Waals surface area (Å²) in [6.45, 7) is 4.02. The zero-order valence-corrected chi connectivity index (χ0v) is 12.7. The minimum absolute atomic E-state index is 0.0245. The van der Waals surface area contributed by atoms with E-state index < -0.39 is 0 Å². The highest BCUT2D eigenvalue weighted by atomic mass is 79.9. The molecule has 3 nitrogen and oxygen atoms in total. The Morgan fingerprint density at radius 3 is 2.61 bits per heavy atom. The smallest absolute Gasteiger partial charge is 0.250 e. The summed E-state index contributed by atoms with van der Waals surface area (Å²) >= 11 is 5.08. The number of hydrogen-bond acceptors (Lipinski definition) is 3. The largest absolute Gasteiger partial charge is 0.312 e. The van der Waals surface area contributed by atoms with E-state index in [1.807, 2.05) is 38.1 Å². The van der Waals surface area contributed by atoms with E-state index in [-0.39, 0.29) is 17.9 Å². The first-order valence-electron chi connectivity index (χ1n) is 5.82. The molecule has 0 aliphatic carbocycles. The van der Waals surface area contributed by atoms with Crippen LogP contribution in [0, 0.1) is 5.92 Å². The molecule has 18 heavy (non-hydrogen) atoms. The Kier molecular flexibility index (Phi) is 4.45. The van der Waals surface area contributed by atoms with Gasteiger partial charge in [-0.15, -0.1) is 11.8 Å². The zero-order valence-electron chi connectivity index (χ0n) is 10.3. The van der Waals surface area contributed by atoms with Gasteiger partial charge in [0.05, 0.1) is 5.75 Å². The predicted molar refractivity (Wildman–Crippen MR) is 79.1 cm³/mol. The van der Waals surface area contributed by atoms with E-state index >= 15 is 0 Å². The lowest BCUT2D eigenvalue weighted by molar-refractivity contribution is -0.120. The van der Waals surface area contributed by atoms with Crippen LogP contribution >= 0.6 is 27.7 Å². The molecule has 0 radical (unpaired) electrons. The van der Waals surface area contributed by atoms with Crippen LogP contribution in [0.5, 0.6) is 0 Å². The van der Waals surface area contributed by atoms with Gasteiger partial charge in [-0.05, 0) is 30.2 Å². The Morgan fingerprint density at radius 2 is 2.06 bits per heavy atom. The van der Waals surface area contributed by atoms with E-state index in [0.717, 1.165) is 10.3 Å². The van der Waals surface area contributed by atoms with Crippen molar-refractivity contribution in [1.29, 1.82) is 0 Å². The molecule has 1 atom stereocenters. The fraction of sp³-hybridized carbons (Fsp3) is 0.385. The molecule has 0 fully saturated rings. The molecule has 1 aliphatic rings. The fourth-order valence-electron chi connectivity index (χ4n) is 1.68. The number of aliphatic imine (C=N–C) groups is 1. The number of nitrogens with one attached hydrogen (secondary N) is 1. The van der Waals surface area contributed by atoms with Crippen molar-refractivity contribution >= 4 is 39.4 Å². The van der Waals surface area contributed by atoms with E-state index in [1.165, 1.54) is 4.90 Å². The first-order valence-corrected chi connectivity index (χ1v) is 7.60. The van der Waals surface area contributed by atoms with Crippen LogP contribution in [0.2, 0.25) is 0 Å². The predicted octanol–water partition coefficient (Wildman–Crippen LogP) is 3.09. The third kappa shape index (κ3) is 3.36. The van der Waals surface area contributed by atoms with Crippen molar-refractivity contribution in [2.24, 2.45) is 10.9 Å². The lowest BCUT2D eigenvalue weighted by Crippen LogP contribution is -2.31. The Balaban J connectivity index is 1.93. The van der Waals surface area contributed by atoms with Crippen LogP contribution in [0.25, 0.3) is 0 Å². The Bertz CT molecular complexity index is 470. The van der Waals surface area contributed by atoms with Crippen LogP contribution in [0.3, 0.4) is 0 Å². The first kappa shape index (κ1) is 13.6. The molecule has 1 unspecified atom stereocenters. The Morgan fingerprint density at radius 1 is 1.39 bits per heavy atom. The van der Waals surface area contributed by atoms with Gasteiger partial charge in [-0.3, -0.25) is 9.79 Å². The summed E-state index contributed by atoms with van der Waals surface area (Å²) in [5.74, 6) is 1.76. The molecule has 1 aromatic rings. The number of amides is 1. The molecule has 1 aromatic carbocycles. The number of amidine groups is 1. The van der Waals surface area contributed by atoms with Crippen molar-refractivity contribution < 1.29 is 4.79 Å². The number of nitrogens with zero attached hydrogens (tertiary/aromatic N) is 1. The van der Waals surface area contributed by atoms with E-state index in [1.54, 1.807) is 11.8 Å². The molecule has 2 rings (SSSR count). The van der Waals surface area contributed by atoms with Crippen LogP contribution in [0.15, 0.2) is 38.6 Å². The third-order valence-electron chi connectivity index (χ3n) is 2.65. The summed E-state index contributed by atoms with van der Waals surface area (Å²) < 4.78 is 1.07. The molecular weight excluding hydrogens is 312 g/mol. The van der Waals surface area contributed by atoms with E-state index in [9.17, 15) is 4.79 Å². The van der Waals surface area contributed by atoms with Gasteiger partial charge in [0.25, 0.3) is 0 Å². The maximum atomic E-state index is 11.6. The number of carbonyl (C=O) groups is 1. The van der Waals surface area contributed by atoms with Crippen LogP contribution in [0.4, 0.5) is 0 Å². The van der Waals surface area contributed by atoms with Gasteiger partial charge in [-0.1, -0.05) is 29.8 Å². The lowest BCUT2D eigenvalue weighted by atomic mass is 10.1. The van der Waals surface area contributed by atoms with E-state index in [4.69, 9.17) is 0 Å². The summed E-state index contributed by atoms with van der Waals surface area (Å²) in [4.78, 5) is 17.2. The maximum Gasteiger partial charge on any atom is 0.250 e. The summed E-state index contributed by atoms with van der Waals surface area (Å²) in [5, 5.41) is 2.85. The second kappa shape index (κ2) is 5.89. The molecule has 0 bridgehead atoms. The van der Waals surface area contributed by atoms with Crippen molar-refractivity contribution in [3.63, 3.8) is 0 Å². The SMILES string of the molecule is CC(C)C1N=C(CSc2ccc(Br)cc2)NC1=O. The van der Waals surface area contributed by atoms with Crippen molar-refractivity contribution in [3.8, 4) is 0 Å². The second-order valence-corrected chi connectivity index (χ2v) is 6.46. The molecule has 1 N–H and O–H groups in total. The summed E-state index contributed by atoms with van der Waals surface area (Å²) in [6, 6.07) is 7.89. The monoisotopic (exact) mass is 326 g/mol. The molecule has 0 aromatic heterocycles. The standard InChI is InChI=1S/C13H15BrN2OS/c1-8(2)12-13(17)16-11(15-12)7-18-10-5-3-9(14)4-6-10/h3-6,8,12H,7H2,1-2H3,(H,15,16,17). The van der Waals surface area contributed by atoms with Gasteiger partial charge in [0.2, 0.25) is 5.91 Å². The summed E-state index contributed by atoms with van der Waals surface area (Å²) in [6.07, 6.45) is 0. The van der Waals surface area contributed by atoms with Crippen LogP contribution in [0.1, 0.15) is 13.8 Å². The highest BCUT2D eigenvalue weighted by molar-refractivity contribution is 9.10. The zero-order chi connectivity index (χ0) is 13.1. The van der Waals surface area contributed by atoms with Gasteiger partial charge in [0, 0.05) is 9.37 Å². The van der Waals surface area contributed by atoms with Crippen LogP contribution in [-0.2, 0) is 4.79 Å². The van der Waals surface area contributed by atoms with Crippen LogP contribution in [-0.4, -0.2) is 23.5 Å². The average Bonchev–Trinajstić information content (AvgIpc) is 2.70. The van der Waals surface area contributed by atoms with Crippen molar-refractivity contribution in [2.45, 2.75) is 24.8 Å². The van der Waals surface area contributed by atoms with Gasteiger partial charge in [0.15, 0.2) is 0 Å². The highest BCUT2D eigenvalue weighted by Gasteiger charge is 2.28. The number of halogens is 1. The maximum absolute atomic E-state index is 11.6. The molecule has 0 saturated heterocycles. The van der Waals surface area contributed by atoms with Gasteiger partial charge in [0.1, 0.15) is 11.9 Å². The molecule has 0 spiro atoms. The van der Waals surface area contributed by atoms with Gasteiger partial charge < -0.3 is 5.32 Å². The van der Waals surface area contributed by atoms with Crippen molar-refractivity contribution in [3.05, 3.63) is 28.7 Å². The van der Waals surface area contributed by atoms with Crippen molar-refractivity contribution in [1.82, 2.24) is 5.32 Å². The summed E-state index contributed by atoms with van der Waals surface area (Å²) in [7, 11) is 0. The van der Waals surface area contributed by atoms with E-state index in [2.05, 4.69) is 26.2 Å². The van der Waals surface area contributed by atoms with Gasteiger partial charge >= 0.3 is 0 Å². The normalized spacial score (nSPS) is 19.0. The molecule has 1 aliphatic heterocycles. The first-order chi connectivity index (χ1) is 8.56. The highest BCUT2D eigenvalue weighted by Crippen LogP contribution is 2.21. The fourth-order valence-corrected chi connectivity index (χ4v) is 2.73. The summed E-state index contributed by atoms with van der Waals surface area (Å²) in [5.41, 5.74) is 0. The van der Waals surface area contributed by atoms with Crippen molar-refractivity contribution in [2.75, 3.05) is 5.75 Å². The molecule has 1 amide bonds. The quantitative estimate of drug-likeness (QED) is 0.864. The molecule has 1 heterocycles. The molecule has 5 heteroatoms. The topological polar surface area (TPSA) is 41.5 Å². The lowest BCUT2D eigenvalue weighted by Gasteiger charge is -2.06. The number of carbonyl (C=O) groups excluding carboxylic acids is 1. The Hall–Kier alpha value is -0.810. The molecule has 96 valence electrons. The minimum atomic E-state index is -0.217. The van der Waals surface area contributed by atoms with Gasteiger partial charge in [-0.2, -0.15) is 0 Å². The second-order valence-electron chi connectivity index (χ2n) is 4.50. The molecular formula is C13H15BrN2OS. The molecule has 0 saturated carbocycles. The minimum Gasteiger partial charge on any atom is -0.312 e. The Labute approximate surface area is 120 Å². The number of rotatable bonds is 4. The van der Waals surface area contributed by atoms with Gasteiger partial charge in [-0.25, -0.2) is 0 Å². The van der Waals surface area contributed by atoms with E-state index in [0.29, 0.717) is 5.75 Å². The number of hydrogen-bond donors (Lipinski definition) is 1. The number of thioether (sulfide) groups is 1. The third-order valence-corrected chi connectivity index (χ3v) is 4.20. The average molecular weight is 327 g/mol.